The molecule has 6 heteroatoms. The van der Waals surface area contributed by atoms with Crippen LogP contribution < -0.4 is 10.6 Å². The van der Waals surface area contributed by atoms with Crippen LogP contribution in [0.1, 0.15) is 61.6 Å². The van der Waals surface area contributed by atoms with Gasteiger partial charge >= 0.3 is 0 Å². The van der Waals surface area contributed by atoms with Gasteiger partial charge in [-0.05, 0) is 43.2 Å². The van der Waals surface area contributed by atoms with E-state index in [0.717, 1.165) is 36.6 Å². The molecule has 5 nitrogen and oxygen atoms in total. The SMILES string of the molecule is CCC1CC1C(=O)NC1CCC(Nc2nc(C)ns2)c2ccccc21. The van der Waals surface area contributed by atoms with Crippen LogP contribution in [0.2, 0.25) is 0 Å². The highest BCUT2D eigenvalue weighted by Crippen LogP contribution is 2.43. The maximum Gasteiger partial charge on any atom is 0.223 e. The van der Waals surface area contributed by atoms with Crippen molar-refractivity contribution in [2.45, 2.75) is 51.6 Å². The van der Waals surface area contributed by atoms with E-state index in [-0.39, 0.29) is 23.9 Å². The smallest absolute Gasteiger partial charge is 0.223 e. The summed E-state index contributed by atoms with van der Waals surface area (Å²) >= 11 is 1.40. The van der Waals surface area contributed by atoms with Gasteiger partial charge in [-0.3, -0.25) is 4.79 Å². The molecule has 0 spiro atoms. The minimum Gasteiger partial charge on any atom is -0.353 e. The Labute approximate surface area is 152 Å². The van der Waals surface area contributed by atoms with Crippen molar-refractivity contribution in [1.82, 2.24) is 14.7 Å². The van der Waals surface area contributed by atoms with Crippen LogP contribution >= 0.6 is 11.5 Å². The number of carbonyl (C=O) groups is 1. The first-order chi connectivity index (χ1) is 12.2. The van der Waals surface area contributed by atoms with Crippen LogP contribution in [-0.2, 0) is 4.79 Å². The van der Waals surface area contributed by atoms with Crippen molar-refractivity contribution in [3.8, 4) is 0 Å². The number of nitrogens with zero attached hydrogens (tertiary/aromatic N) is 2. The van der Waals surface area contributed by atoms with Gasteiger partial charge in [0.1, 0.15) is 5.82 Å². The lowest BCUT2D eigenvalue weighted by Gasteiger charge is -2.32. The summed E-state index contributed by atoms with van der Waals surface area (Å²) in [5.74, 6) is 1.86. The van der Waals surface area contributed by atoms with Gasteiger partial charge in [0.2, 0.25) is 11.0 Å². The van der Waals surface area contributed by atoms with Gasteiger partial charge in [-0.2, -0.15) is 4.37 Å². The van der Waals surface area contributed by atoms with Gasteiger partial charge in [-0.25, -0.2) is 4.98 Å². The van der Waals surface area contributed by atoms with Crippen LogP contribution in [0.25, 0.3) is 0 Å². The fraction of sp³-hybridized carbons (Fsp3) is 0.526. The average Bonchev–Trinajstić information content (AvgIpc) is 3.32. The van der Waals surface area contributed by atoms with Gasteiger partial charge < -0.3 is 10.6 Å². The predicted octanol–water partition coefficient (Wildman–Crippen LogP) is 4.00. The molecule has 0 aliphatic heterocycles. The van der Waals surface area contributed by atoms with Crippen LogP contribution in [0, 0.1) is 18.8 Å². The van der Waals surface area contributed by atoms with E-state index >= 15 is 0 Å². The van der Waals surface area contributed by atoms with Crippen molar-refractivity contribution in [2.75, 3.05) is 5.32 Å². The monoisotopic (exact) mass is 356 g/mol. The molecule has 1 aromatic heterocycles. The first-order valence-corrected chi connectivity index (χ1v) is 9.89. The first kappa shape index (κ1) is 16.5. The summed E-state index contributed by atoms with van der Waals surface area (Å²) < 4.78 is 4.24. The number of nitrogens with one attached hydrogen (secondary N) is 2. The highest BCUT2D eigenvalue weighted by Gasteiger charge is 2.42. The number of hydrogen-bond donors (Lipinski definition) is 2. The zero-order valence-electron chi connectivity index (χ0n) is 14.7. The molecule has 1 saturated carbocycles. The molecule has 0 radical (unpaired) electrons. The van der Waals surface area contributed by atoms with Crippen molar-refractivity contribution in [3.05, 3.63) is 41.2 Å². The lowest BCUT2D eigenvalue weighted by molar-refractivity contribution is -0.123. The summed E-state index contributed by atoms with van der Waals surface area (Å²) in [7, 11) is 0. The molecule has 2 aliphatic carbocycles. The fourth-order valence-electron chi connectivity index (χ4n) is 3.89. The van der Waals surface area contributed by atoms with E-state index in [1.807, 2.05) is 6.92 Å². The molecule has 4 unspecified atom stereocenters. The normalized spacial score (nSPS) is 27.4. The number of hydrogen-bond acceptors (Lipinski definition) is 5. The van der Waals surface area contributed by atoms with Crippen LogP contribution in [-0.4, -0.2) is 15.3 Å². The van der Waals surface area contributed by atoms with Crippen molar-refractivity contribution in [3.63, 3.8) is 0 Å². The largest absolute Gasteiger partial charge is 0.353 e. The topological polar surface area (TPSA) is 66.9 Å². The van der Waals surface area contributed by atoms with E-state index in [2.05, 4.69) is 51.2 Å². The Morgan fingerprint density at radius 1 is 1.24 bits per heavy atom. The molecule has 1 heterocycles. The molecule has 1 fully saturated rings. The Bertz CT molecular complexity index is 774. The van der Waals surface area contributed by atoms with E-state index in [1.165, 1.54) is 22.7 Å². The van der Waals surface area contributed by atoms with Gasteiger partial charge in [-0.1, -0.05) is 37.6 Å². The molecule has 25 heavy (non-hydrogen) atoms. The Morgan fingerprint density at radius 2 is 1.96 bits per heavy atom. The highest BCUT2D eigenvalue weighted by atomic mass is 32.1. The van der Waals surface area contributed by atoms with Gasteiger partial charge in [0.15, 0.2) is 0 Å². The summed E-state index contributed by atoms with van der Waals surface area (Å²) in [5, 5.41) is 7.68. The quantitative estimate of drug-likeness (QED) is 0.850. The molecule has 1 amide bonds. The standard InChI is InChI=1S/C19H24N4OS/c1-3-12-10-15(12)18(24)21-16-8-9-17(14-7-5-4-6-13(14)16)22-19-20-11(2)23-25-19/h4-7,12,15-17H,3,8-10H2,1-2H3,(H,21,24)(H,20,22,23). The fourth-order valence-corrected chi connectivity index (χ4v) is 4.52. The summed E-state index contributed by atoms with van der Waals surface area (Å²) in [6.07, 6.45) is 4.08. The molecule has 132 valence electrons. The third-order valence-corrected chi connectivity index (χ3v) is 6.15. The molecular weight excluding hydrogens is 332 g/mol. The van der Waals surface area contributed by atoms with Crippen LogP contribution in [0.3, 0.4) is 0 Å². The third-order valence-electron chi connectivity index (χ3n) is 5.42. The molecule has 1 aromatic carbocycles. The summed E-state index contributed by atoms with van der Waals surface area (Å²) in [5.41, 5.74) is 2.49. The molecule has 4 atom stereocenters. The van der Waals surface area contributed by atoms with Gasteiger partial charge in [0.05, 0.1) is 12.1 Å². The van der Waals surface area contributed by atoms with Crippen molar-refractivity contribution < 1.29 is 4.79 Å². The minimum absolute atomic E-state index is 0.121. The van der Waals surface area contributed by atoms with Gasteiger partial charge in [0.25, 0.3) is 0 Å². The van der Waals surface area contributed by atoms with E-state index in [4.69, 9.17) is 0 Å². The van der Waals surface area contributed by atoms with E-state index in [0.29, 0.717) is 5.92 Å². The van der Waals surface area contributed by atoms with E-state index in [9.17, 15) is 4.79 Å². The zero-order valence-corrected chi connectivity index (χ0v) is 15.5. The van der Waals surface area contributed by atoms with E-state index < -0.39 is 0 Å². The number of aryl methyl sites for hydroxylation is 1. The summed E-state index contributed by atoms with van der Waals surface area (Å²) in [6.45, 7) is 4.07. The van der Waals surface area contributed by atoms with E-state index in [1.54, 1.807) is 0 Å². The second-order valence-electron chi connectivity index (χ2n) is 7.12. The Balaban J connectivity index is 1.50. The average molecular weight is 356 g/mol. The first-order valence-electron chi connectivity index (χ1n) is 9.11. The maximum absolute atomic E-state index is 12.5. The second kappa shape index (κ2) is 6.75. The number of amides is 1. The van der Waals surface area contributed by atoms with Crippen molar-refractivity contribution >= 4 is 22.6 Å². The minimum atomic E-state index is 0.121. The Hall–Kier alpha value is -1.95. The number of aromatic nitrogens is 2. The van der Waals surface area contributed by atoms with Crippen LogP contribution in [0.4, 0.5) is 5.13 Å². The van der Waals surface area contributed by atoms with Crippen molar-refractivity contribution in [1.29, 1.82) is 0 Å². The van der Waals surface area contributed by atoms with Gasteiger partial charge in [0, 0.05) is 17.5 Å². The second-order valence-corrected chi connectivity index (χ2v) is 7.87. The molecule has 2 N–H and O–H groups in total. The molecule has 0 saturated heterocycles. The lowest BCUT2D eigenvalue weighted by Crippen LogP contribution is -2.34. The predicted molar refractivity (Wildman–Crippen MR) is 99.5 cm³/mol. The van der Waals surface area contributed by atoms with Crippen molar-refractivity contribution in [2.24, 2.45) is 11.8 Å². The maximum atomic E-state index is 12.5. The lowest BCUT2D eigenvalue weighted by atomic mass is 9.84. The number of carbonyl (C=O) groups excluding carboxylic acids is 1. The number of anilines is 1. The zero-order chi connectivity index (χ0) is 17.4. The van der Waals surface area contributed by atoms with Gasteiger partial charge in [-0.15, -0.1) is 0 Å². The van der Waals surface area contributed by atoms with Crippen LogP contribution in [0.15, 0.2) is 24.3 Å². The Morgan fingerprint density at radius 3 is 2.60 bits per heavy atom. The number of fused-ring (bicyclic) bond motifs is 1. The molecule has 2 aliphatic rings. The number of rotatable bonds is 5. The molecular formula is C19H24N4OS. The third kappa shape index (κ3) is 3.40. The highest BCUT2D eigenvalue weighted by molar-refractivity contribution is 7.09. The molecule has 4 rings (SSSR count). The van der Waals surface area contributed by atoms with Crippen LogP contribution in [0.5, 0.6) is 0 Å². The summed E-state index contributed by atoms with van der Waals surface area (Å²) in [6, 6.07) is 8.77. The summed E-state index contributed by atoms with van der Waals surface area (Å²) in [4.78, 5) is 16.9. The Kier molecular flexibility index (Phi) is 4.46. The number of benzene rings is 1. The molecule has 2 aromatic rings. The molecule has 0 bridgehead atoms.